The molecule has 0 atom stereocenters. The van der Waals surface area contributed by atoms with Crippen molar-refractivity contribution in [3.05, 3.63) is 356 Å². The molecule has 0 bridgehead atoms. The van der Waals surface area contributed by atoms with Crippen LogP contribution in [0, 0.1) is 34.6 Å². The minimum Gasteiger partial charge on any atom is -0.455 e. The molecular formula is C113H90N9O5S+5. The van der Waals surface area contributed by atoms with E-state index in [4.69, 9.17) is 27.1 Å². The van der Waals surface area contributed by atoms with Gasteiger partial charge in [0.1, 0.15) is 89.2 Å². The molecule has 128 heavy (non-hydrogen) atoms. The van der Waals surface area contributed by atoms with Crippen LogP contribution in [-0.2, 0) is 49.3 Å². The Balaban J connectivity index is 0.0000000944. The van der Waals surface area contributed by atoms with Crippen molar-refractivity contribution in [2.24, 2.45) is 49.3 Å². The van der Waals surface area contributed by atoms with Gasteiger partial charge in [-0.25, -0.2) is 27.4 Å². The molecule has 0 saturated carbocycles. The first-order valence-electron chi connectivity index (χ1n) is 43.2. The fraction of sp³-hybridized carbons (Fsp3) is 0.106. The summed E-state index contributed by atoms with van der Waals surface area (Å²) in [6.07, 6.45) is 14.2. The zero-order valence-corrected chi connectivity index (χ0v) is 74.0. The Morgan fingerprint density at radius 2 is 0.695 bits per heavy atom. The summed E-state index contributed by atoms with van der Waals surface area (Å²) in [5.74, 6) is 2.30. The highest BCUT2D eigenvalue weighted by atomic mass is 32.1. The number of pyridine rings is 4. The van der Waals surface area contributed by atoms with Gasteiger partial charge in [-0.05, 0) is 165 Å². The third kappa shape index (κ3) is 12.8. The Kier molecular flexibility index (Phi) is 19.1. The van der Waals surface area contributed by atoms with E-state index in [1.807, 2.05) is 56.8 Å². The van der Waals surface area contributed by atoms with E-state index < -0.39 is 0 Å². The standard InChI is InChI=1S/C26H21N2O.C22H19N2O.2C22H17N2O.C21H16NOS/c1-16-12-14-19-24-18-9-5-4-8-17(18)13-15-22(24)29-25(19)23(16)26-27(2)20-10-6-7-11-21(20)28(26)3;1-14-8-10-17-20-16-7-5-4-6-15(16)9-11-18(20)25-21(17)19(14)22-23(2)12-13-24(22)3;1-14-20(18-9-5-6-12-24(18)2)22-17(13-23-14)21-16-8-4-3-7-15(16)10-11-19(21)25-22;1-14-13-23-21-20-16-8-4-3-7-15(16)10-11-18(20)25-22(21)19(14)17-9-5-6-12-24(17)2;1-13-7-9-16-19-15-6-4-3-5-14(15)8-10-17(19)23-20(16)18(13)21-22(2)11-12-24-21/h4-15H,1-3H3;4-13H,1-3H3;2*3-13H,1-2H3;3-12H,1-2H3/q5*+1. The van der Waals surface area contributed by atoms with Crippen LogP contribution in [0.1, 0.15) is 27.9 Å². The minimum atomic E-state index is 0.855. The van der Waals surface area contributed by atoms with Crippen LogP contribution < -0.4 is 22.8 Å². The van der Waals surface area contributed by atoms with Gasteiger partial charge in [-0.3, -0.25) is 9.97 Å². The van der Waals surface area contributed by atoms with E-state index >= 15 is 0 Å². The van der Waals surface area contributed by atoms with Crippen molar-refractivity contribution in [3.63, 3.8) is 0 Å². The molecule has 12 heterocycles. The molecule has 26 rings (SSSR count). The molecule has 618 valence electrons. The Morgan fingerprint density at radius 1 is 0.297 bits per heavy atom. The van der Waals surface area contributed by atoms with E-state index in [0.717, 1.165) is 134 Å². The van der Waals surface area contributed by atoms with E-state index in [2.05, 4.69) is 392 Å². The first-order chi connectivity index (χ1) is 62.5. The van der Waals surface area contributed by atoms with Crippen molar-refractivity contribution >= 4 is 186 Å². The van der Waals surface area contributed by atoms with Gasteiger partial charge in [-0.2, -0.15) is 4.57 Å². The molecule has 0 spiro atoms. The van der Waals surface area contributed by atoms with E-state index in [1.54, 1.807) is 11.3 Å². The third-order valence-electron chi connectivity index (χ3n) is 25.9. The lowest BCUT2D eigenvalue weighted by molar-refractivity contribution is -0.660. The van der Waals surface area contributed by atoms with Gasteiger partial charge in [0.15, 0.2) is 57.5 Å². The van der Waals surface area contributed by atoms with Gasteiger partial charge in [0, 0.05) is 79.7 Å². The SMILES string of the molecule is Cc1ccc2c(oc3ccc4ccccc4c32)c1-c1n(C)c2ccccc2[n+]1C.Cc1ccc2c(oc3ccc4ccccc4c32)c1-c1n(C)cc[n+]1C.Cc1ccc2c(oc3ccc4ccccc4c32)c1-c1scc[n+]1C.Cc1cnc2c(oc3ccc4ccccc4c32)c1-c1cccc[n+]1C.Cc1ncc2c(oc3ccc4ccccc4c32)c1-c1cccc[n+]1C. The molecule has 15 heteroatoms. The number of rotatable bonds is 5. The number of thiazole rings is 1. The van der Waals surface area contributed by atoms with Crippen molar-refractivity contribution in [2.75, 3.05) is 0 Å². The Bertz CT molecular complexity index is 8780. The molecule has 0 unspecified atom stereocenters. The van der Waals surface area contributed by atoms with E-state index in [-0.39, 0.29) is 0 Å². The minimum absolute atomic E-state index is 0.855. The van der Waals surface area contributed by atoms with Crippen LogP contribution in [0.25, 0.3) is 231 Å². The first kappa shape index (κ1) is 78.3. The molecule has 0 saturated heterocycles. The molecule has 14 aromatic carbocycles. The second-order valence-corrected chi connectivity index (χ2v) is 34.5. The Labute approximate surface area is 740 Å². The Morgan fingerprint density at radius 3 is 1.15 bits per heavy atom. The molecule has 26 aromatic rings. The number of aryl methyl sites for hydroxylation is 12. The number of fused-ring (bicyclic) bond motifs is 26. The molecule has 0 fully saturated rings. The molecular weight excluding hydrogens is 1600 g/mol. The quantitative estimate of drug-likeness (QED) is 0.157. The highest BCUT2D eigenvalue weighted by molar-refractivity contribution is 7.12. The average Bonchev–Trinajstić information content (AvgIpc) is 1.57. The monoisotopic (exact) mass is 1680 g/mol. The van der Waals surface area contributed by atoms with Crippen molar-refractivity contribution in [1.29, 1.82) is 0 Å². The average molecular weight is 1690 g/mol. The maximum Gasteiger partial charge on any atom is 0.293 e. The highest BCUT2D eigenvalue weighted by Crippen LogP contribution is 2.47. The van der Waals surface area contributed by atoms with Gasteiger partial charge >= 0.3 is 0 Å². The first-order valence-corrected chi connectivity index (χ1v) is 44.1. The van der Waals surface area contributed by atoms with Gasteiger partial charge in [0.05, 0.1) is 50.2 Å². The topological polar surface area (TPSA) is 121 Å². The summed E-state index contributed by atoms with van der Waals surface area (Å²) < 4.78 is 47.1. The predicted octanol–water partition coefficient (Wildman–Crippen LogP) is 26.4. The zero-order chi connectivity index (χ0) is 87.0. The Hall–Kier alpha value is -15.7. The zero-order valence-electron chi connectivity index (χ0n) is 73.2. The number of benzene rings is 14. The van der Waals surface area contributed by atoms with Crippen LogP contribution in [0.15, 0.2) is 350 Å². The number of hydrogen-bond acceptors (Lipinski definition) is 8. The van der Waals surface area contributed by atoms with E-state index in [1.165, 1.54) is 124 Å². The lowest BCUT2D eigenvalue weighted by Gasteiger charge is -2.05. The number of para-hydroxylation sites is 2. The smallest absolute Gasteiger partial charge is 0.293 e. The molecule has 0 N–H and O–H groups in total. The lowest BCUT2D eigenvalue weighted by Crippen LogP contribution is -2.30. The van der Waals surface area contributed by atoms with Crippen molar-refractivity contribution in [1.82, 2.24) is 19.1 Å². The number of nitrogens with zero attached hydrogens (tertiary/aromatic N) is 9. The molecule has 0 radical (unpaired) electrons. The van der Waals surface area contributed by atoms with Crippen LogP contribution in [0.2, 0.25) is 0 Å². The summed E-state index contributed by atoms with van der Waals surface area (Å²) in [7, 11) is 14.6. The maximum atomic E-state index is 6.51. The number of hydrogen-bond donors (Lipinski definition) is 0. The van der Waals surface area contributed by atoms with Gasteiger partial charge < -0.3 is 22.1 Å². The van der Waals surface area contributed by atoms with Crippen LogP contribution in [0.3, 0.4) is 0 Å². The largest absolute Gasteiger partial charge is 0.455 e. The summed E-state index contributed by atoms with van der Waals surface area (Å²) >= 11 is 1.75. The van der Waals surface area contributed by atoms with Crippen LogP contribution >= 0.6 is 11.3 Å². The molecule has 12 aromatic heterocycles. The van der Waals surface area contributed by atoms with Gasteiger partial charge in [0.2, 0.25) is 11.4 Å². The van der Waals surface area contributed by atoms with E-state index in [9.17, 15) is 0 Å². The fourth-order valence-corrected chi connectivity index (χ4v) is 20.6. The summed E-state index contributed by atoms with van der Waals surface area (Å²) in [6.45, 7) is 10.6. The van der Waals surface area contributed by atoms with Gasteiger partial charge in [-0.1, -0.05) is 212 Å². The summed E-state index contributed by atoms with van der Waals surface area (Å²) in [6, 6.07) is 97.4. The summed E-state index contributed by atoms with van der Waals surface area (Å²) in [4.78, 5) is 9.41. The molecule has 14 nitrogen and oxygen atoms in total. The molecule has 0 aliphatic rings. The normalized spacial score (nSPS) is 11.8. The third-order valence-corrected chi connectivity index (χ3v) is 26.8. The summed E-state index contributed by atoms with van der Waals surface area (Å²) in [5, 5.41) is 26.0. The molecule has 0 amide bonds. The number of furan rings is 5. The summed E-state index contributed by atoms with van der Waals surface area (Å²) in [5.41, 5.74) is 26.3. The predicted molar refractivity (Wildman–Crippen MR) is 522 cm³/mol. The van der Waals surface area contributed by atoms with Gasteiger partial charge in [0.25, 0.3) is 16.7 Å². The molecule has 0 aliphatic heterocycles. The number of aromatic nitrogens is 9. The highest BCUT2D eigenvalue weighted by Gasteiger charge is 2.31. The van der Waals surface area contributed by atoms with Crippen molar-refractivity contribution < 1.29 is 44.9 Å². The van der Waals surface area contributed by atoms with Crippen LogP contribution in [0.4, 0.5) is 0 Å². The number of imidazole rings is 2. The van der Waals surface area contributed by atoms with E-state index in [0.29, 0.717) is 0 Å². The lowest BCUT2D eigenvalue weighted by atomic mass is 10.00. The van der Waals surface area contributed by atoms with Crippen molar-refractivity contribution in [2.45, 2.75) is 34.6 Å². The molecule has 0 aliphatic carbocycles. The fourth-order valence-electron chi connectivity index (χ4n) is 19.6. The van der Waals surface area contributed by atoms with Gasteiger partial charge in [-0.15, -0.1) is 0 Å². The van der Waals surface area contributed by atoms with Crippen LogP contribution in [0.5, 0.6) is 0 Å². The maximum absolute atomic E-state index is 6.51. The second kappa shape index (κ2) is 31.2. The van der Waals surface area contributed by atoms with Crippen molar-refractivity contribution in [3.8, 4) is 55.9 Å². The van der Waals surface area contributed by atoms with Crippen LogP contribution in [-0.4, -0.2) is 19.1 Å². The second-order valence-electron chi connectivity index (χ2n) is 33.7.